The monoisotopic (exact) mass is 247 g/mol. The molecule has 14 heavy (non-hydrogen) atoms. The normalized spacial score (nSPS) is 12.1. The maximum atomic E-state index is 11.0. The zero-order valence-corrected chi connectivity index (χ0v) is 9.29. The molecule has 0 saturated carbocycles. The largest absolute Gasteiger partial charge is 0.238 e. The van der Waals surface area contributed by atoms with Gasteiger partial charge in [0.05, 0.1) is 9.23 Å². The van der Waals surface area contributed by atoms with Crippen LogP contribution < -0.4 is 5.14 Å². The number of benzene rings is 1. The Balaban J connectivity index is 2.74. The second kappa shape index (κ2) is 3.20. The summed E-state index contributed by atoms with van der Waals surface area (Å²) in [5.41, 5.74) is 0. The predicted octanol–water partition coefficient (Wildman–Crippen LogP) is 2.20. The van der Waals surface area contributed by atoms with E-state index in [-0.39, 0.29) is 4.90 Å². The van der Waals surface area contributed by atoms with Crippen LogP contribution in [0.3, 0.4) is 0 Å². The minimum absolute atomic E-state index is 0.111. The van der Waals surface area contributed by atoms with Crippen molar-refractivity contribution in [2.45, 2.75) is 4.90 Å². The summed E-state index contributed by atoms with van der Waals surface area (Å²) in [4.78, 5) is 0.111. The van der Waals surface area contributed by atoms with Gasteiger partial charge >= 0.3 is 0 Å². The summed E-state index contributed by atoms with van der Waals surface area (Å²) < 4.78 is 23.6. The highest BCUT2D eigenvalue weighted by Crippen LogP contribution is 2.30. The number of nitrogens with two attached hydrogens (primary N) is 1. The number of hydrogen-bond acceptors (Lipinski definition) is 3. The van der Waals surface area contributed by atoms with Gasteiger partial charge in [-0.05, 0) is 29.7 Å². The van der Waals surface area contributed by atoms with E-state index < -0.39 is 10.0 Å². The first-order valence-corrected chi connectivity index (χ1v) is 6.43. The van der Waals surface area contributed by atoms with E-state index in [1.807, 2.05) is 0 Å². The van der Waals surface area contributed by atoms with E-state index in [1.54, 1.807) is 12.1 Å². The quantitative estimate of drug-likeness (QED) is 0.840. The van der Waals surface area contributed by atoms with Crippen molar-refractivity contribution in [2.75, 3.05) is 0 Å². The fraction of sp³-hybridized carbons (Fsp3) is 0. The van der Waals surface area contributed by atoms with Crippen molar-refractivity contribution in [1.29, 1.82) is 0 Å². The number of sulfonamides is 1. The molecule has 6 heteroatoms. The van der Waals surface area contributed by atoms with Crippen LogP contribution in [0.4, 0.5) is 0 Å². The Morgan fingerprint density at radius 2 is 2.00 bits per heavy atom. The van der Waals surface area contributed by atoms with Gasteiger partial charge in [0.25, 0.3) is 0 Å². The van der Waals surface area contributed by atoms with Crippen LogP contribution in [0.5, 0.6) is 0 Å². The molecule has 74 valence electrons. The van der Waals surface area contributed by atoms with Crippen LogP contribution in [0.2, 0.25) is 4.34 Å². The molecule has 0 bridgehead atoms. The third kappa shape index (κ3) is 1.76. The van der Waals surface area contributed by atoms with Gasteiger partial charge in [-0.3, -0.25) is 0 Å². The van der Waals surface area contributed by atoms with Crippen LogP contribution in [0.25, 0.3) is 10.1 Å². The maximum Gasteiger partial charge on any atom is 0.238 e. The van der Waals surface area contributed by atoms with E-state index in [0.29, 0.717) is 4.34 Å². The molecule has 0 aliphatic heterocycles. The van der Waals surface area contributed by atoms with Crippen molar-refractivity contribution < 1.29 is 8.42 Å². The summed E-state index contributed by atoms with van der Waals surface area (Å²) in [6, 6.07) is 6.42. The minimum atomic E-state index is -3.62. The molecule has 0 fully saturated rings. The topological polar surface area (TPSA) is 60.2 Å². The van der Waals surface area contributed by atoms with E-state index in [9.17, 15) is 8.42 Å². The molecule has 0 saturated heterocycles. The molecule has 1 aromatic carbocycles. The first-order valence-electron chi connectivity index (χ1n) is 3.69. The standard InChI is InChI=1S/C8H6ClNO2S2/c9-8-4-5-3-6(14(10,11)12)1-2-7(5)13-8/h1-4H,(H2,10,11,12). The summed E-state index contributed by atoms with van der Waals surface area (Å²) in [6.45, 7) is 0. The number of hydrogen-bond donors (Lipinski definition) is 1. The Bertz CT molecular complexity index is 588. The van der Waals surface area contributed by atoms with Crippen LogP contribution in [0.1, 0.15) is 0 Å². The smallest absolute Gasteiger partial charge is 0.225 e. The minimum Gasteiger partial charge on any atom is -0.225 e. The molecule has 2 N–H and O–H groups in total. The van der Waals surface area contributed by atoms with E-state index in [0.717, 1.165) is 10.1 Å². The summed E-state index contributed by atoms with van der Waals surface area (Å²) in [5.74, 6) is 0. The first-order chi connectivity index (χ1) is 6.47. The van der Waals surface area contributed by atoms with Crippen LogP contribution in [0, 0.1) is 0 Å². The van der Waals surface area contributed by atoms with Gasteiger partial charge in [-0.2, -0.15) is 0 Å². The van der Waals surface area contributed by atoms with Gasteiger partial charge in [-0.1, -0.05) is 11.6 Å². The van der Waals surface area contributed by atoms with Gasteiger partial charge in [-0.25, -0.2) is 13.6 Å². The molecule has 3 nitrogen and oxygen atoms in total. The molecule has 0 spiro atoms. The molecule has 2 aromatic rings. The van der Waals surface area contributed by atoms with Crippen LogP contribution in [-0.4, -0.2) is 8.42 Å². The van der Waals surface area contributed by atoms with E-state index in [2.05, 4.69) is 0 Å². The van der Waals surface area contributed by atoms with Crippen LogP contribution in [-0.2, 0) is 10.0 Å². The molecule has 0 radical (unpaired) electrons. The lowest BCUT2D eigenvalue weighted by Crippen LogP contribution is -2.11. The Kier molecular flexibility index (Phi) is 2.27. The van der Waals surface area contributed by atoms with Gasteiger partial charge in [0, 0.05) is 4.70 Å². The summed E-state index contributed by atoms with van der Waals surface area (Å²) in [7, 11) is -3.62. The van der Waals surface area contributed by atoms with Gasteiger partial charge in [-0.15, -0.1) is 11.3 Å². The van der Waals surface area contributed by atoms with Gasteiger partial charge in [0.1, 0.15) is 0 Å². The molecule has 2 rings (SSSR count). The molecule has 0 unspecified atom stereocenters. The highest BCUT2D eigenvalue weighted by atomic mass is 35.5. The predicted molar refractivity (Wildman–Crippen MR) is 58.2 cm³/mol. The number of rotatable bonds is 1. The fourth-order valence-electron chi connectivity index (χ4n) is 1.17. The summed E-state index contributed by atoms with van der Waals surface area (Å²) in [5, 5.41) is 5.79. The third-order valence-corrected chi connectivity index (χ3v) is 3.94. The molecular weight excluding hydrogens is 242 g/mol. The van der Waals surface area contributed by atoms with Crippen LogP contribution >= 0.6 is 22.9 Å². The highest BCUT2D eigenvalue weighted by Gasteiger charge is 2.09. The lowest BCUT2D eigenvalue weighted by Gasteiger charge is -1.96. The summed E-state index contributed by atoms with van der Waals surface area (Å²) in [6.07, 6.45) is 0. The first kappa shape index (κ1) is 9.92. The van der Waals surface area contributed by atoms with Crippen molar-refractivity contribution in [1.82, 2.24) is 0 Å². The number of fused-ring (bicyclic) bond motifs is 1. The Morgan fingerprint density at radius 3 is 2.64 bits per heavy atom. The number of thiophene rings is 1. The van der Waals surface area contributed by atoms with Gasteiger partial charge in [0.2, 0.25) is 10.0 Å². The van der Waals surface area contributed by atoms with E-state index in [1.165, 1.54) is 23.5 Å². The number of halogens is 1. The Morgan fingerprint density at radius 1 is 1.29 bits per heavy atom. The fourth-order valence-corrected chi connectivity index (χ4v) is 2.85. The molecule has 0 amide bonds. The van der Waals surface area contributed by atoms with Crippen molar-refractivity contribution in [3.63, 3.8) is 0 Å². The highest BCUT2D eigenvalue weighted by molar-refractivity contribution is 7.89. The average Bonchev–Trinajstić information content (AvgIpc) is 2.41. The zero-order chi connectivity index (χ0) is 10.3. The van der Waals surface area contributed by atoms with Gasteiger partial charge < -0.3 is 0 Å². The molecule has 0 aliphatic rings. The molecule has 1 heterocycles. The summed E-state index contributed by atoms with van der Waals surface area (Å²) >= 11 is 7.19. The molecular formula is C8H6ClNO2S2. The Labute approximate surface area is 90.2 Å². The lowest BCUT2D eigenvalue weighted by molar-refractivity contribution is 0.598. The molecule has 1 aromatic heterocycles. The second-order valence-corrected chi connectivity index (χ2v) is 6.07. The zero-order valence-electron chi connectivity index (χ0n) is 6.90. The van der Waals surface area contributed by atoms with Crippen molar-refractivity contribution in [3.05, 3.63) is 28.6 Å². The molecule has 0 atom stereocenters. The van der Waals surface area contributed by atoms with Crippen LogP contribution in [0.15, 0.2) is 29.2 Å². The maximum absolute atomic E-state index is 11.0. The lowest BCUT2D eigenvalue weighted by atomic mass is 10.3. The van der Waals surface area contributed by atoms with Crippen molar-refractivity contribution >= 4 is 43.0 Å². The van der Waals surface area contributed by atoms with Gasteiger partial charge in [0.15, 0.2) is 0 Å². The molecule has 0 aliphatic carbocycles. The second-order valence-electron chi connectivity index (χ2n) is 2.80. The Hall–Kier alpha value is -0.620. The van der Waals surface area contributed by atoms with E-state index in [4.69, 9.17) is 16.7 Å². The van der Waals surface area contributed by atoms with Crippen molar-refractivity contribution in [2.24, 2.45) is 5.14 Å². The average molecular weight is 248 g/mol. The SMILES string of the molecule is NS(=O)(=O)c1ccc2sc(Cl)cc2c1. The van der Waals surface area contributed by atoms with Crippen molar-refractivity contribution in [3.8, 4) is 0 Å². The van der Waals surface area contributed by atoms with E-state index >= 15 is 0 Å². The number of primary sulfonamides is 1. The third-order valence-electron chi connectivity index (χ3n) is 1.79.